The maximum atomic E-state index is 11.3. The van der Waals surface area contributed by atoms with Gasteiger partial charge in [-0.1, -0.05) is 11.6 Å². The predicted octanol–water partition coefficient (Wildman–Crippen LogP) is 3.85. The van der Waals surface area contributed by atoms with E-state index in [0.29, 0.717) is 16.3 Å². The number of ketones is 1. The Labute approximate surface area is 94.5 Å². The van der Waals surface area contributed by atoms with Gasteiger partial charge in [-0.05, 0) is 45.0 Å². The van der Waals surface area contributed by atoms with E-state index in [1.807, 2.05) is 19.9 Å². The summed E-state index contributed by atoms with van der Waals surface area (Å²) in [7, 11) is 0. The molecule has 0 aliphatic carbocycles. The van der Waals surface area contributed by atoms with Gasteiger partial charge in [0.1, 0.15) is 5.75 Å². The minimum absolute atomic E-state index is 0.0589. The highest BCUT2D eigenvalue weighted by Crippen LogP contribution is 2.24. The molecule has 1 aromatic rings. The average molecular weight is 225 g/mol. The first kappa shape index (κ1) is 11.8. The topological polar surface area (TPSA) is 26.3 Å². The van der Waals surface area contributed by atoms with Crippen LogP contribution in [0.5, 0.6) is 5.75 Å². The molecule has 1 aromatic carbocycles. The van der Waals surface area contributed by atoms with Crippen molar-refractivity contribution in [2.45, 2.75) is 20.8 Å². The van der Waals surface area contributed by atoms with Crippen molar-refractivity contribution in [3.05, 3.63) is 40.6 Å². The molecule has 2 nitrogen and oxygen atoms in total. The lowest BCUT2D eigenvalue weighted by Crippen LogP contribution is -1.99. The Morgan fingerprint density at radius 2 is 2.07 bits per heavy atom. The summed E-state index contributed by atoms with van der Waals surface area (Å²) in [5.74, 6) is 1.23. The van der Waals surface area contributed by atoms with E-state index in [4.69, 9.17) is 16.3 Å². The van der Waals surface area contributed by atoms with Crippen LogP contribution in [0.3, 0.4) is 0 Å². The molecule has 0 radical (unpaired) electrons. The summed E-state index contributed by atoms with van der Waals surface area (Å²) in [4.78, 5) is 11.3. The summed E-state index contributed by atoms with van der Waals surface area (Å²) in [6.07, 6.45) is 1.83. The highest BCUT2D eigenvalue weighted by molar-refractivity contribution is 6.31. The monoisotopic (exact) mass is 224 g/mol. The summed E-state index contributed by atoms with van der Waals surface area (Å²) in [5, 5.41) is 0.533. The van der Waals surface area contributed by atoms with Gasteiger partial charge in [0, 0.05) is 5.02 Å². The Hall–Kier alpha value is -1.28. The smallest absolute Gasteiger partial charge is 0.163 e. The number of carbonyl (C=O) groups is 1. The quantitative estimate of drug-likeness (QED) is 0.576. The zero-order valence-corrected chi connectivity index (χ0v) is 9.76. The van der Waals surface area contributed by atoms with E-state index in [-0.39, 0.29) is 5.78 Å². The number of hydrogen-bond acceptors (Lipinski definition) is 2. The molecule has 0 unspecified atom stereocenters. The summed E-state index contributed by atoms with van der Waals surface area (Å²) in [5.41, 5.74) is 0.503. The lowest BCUT2D eigenvalue weighted by atomic mass is 10.1. The zero-order valence-electron chi connectivity index (χ0n) is 9.00. The molecular weight excluding hydrogens is 212 g/mol. The van der Waals surface area contributed by atoms with Gasteiger partial charge in [0.25, 0.3) is 0 Å². The molecule has 0 aromatic heterocycles. The normalized spacial score (nSPS) is 11.3. The van der Waals surface area contributed by atoms with Crippen LogP contribution in [0.1, 0.15) is 31.1 Å². The Balaban J connectivity index is 3.12. The molecule has 80 valence electrons. The fourth-order valence-corrected chi connectivity index (χ4v) is 1.27. The number of halogens is 1. The first-order valence-corrected chi connectivity index (χ1v) is 5.03. The van der Waals surface area contributed by atoms with Crippen LogP contribution < -0.4 is 4.74 Å². The molecule has 0 aliphatic heterocycles. The van der Waals surface area contributed by atoms with Crippen molar-refractivity contribution in [3.63, 3.8) is 0 Å². The summed E-state index contributed by atoms with van der Waals surface area (Å²) in [6.45, 7) is 5.20. The molecule has 0 saturated heterocycles. The number of allylic oxidation sites excluding steroid dienone is 2. The molecule has 0 aliphatic rings. The maximum absolute atomic E-state index is 11.3. The molecule has 0 spiro atoms. The summed E-state index contributed by atoms with van der Waals surface area (Å²) in [6, 6.07) is 5.01. The minimum atomic E-state index is -0.0589. The third kappa shape index (κ3) is 3.10. The largest absolute Gasteiger partial charge is 0.462 e. The lowest BCUT2D eigenvalue weighted by molar-refractivity contribution is 0.101. The van der Waals surface area contributed by atoms with Gasteiger partial charge >= 0.3 is 0 Å². The van der Waals surface area contributed by atoms with E-state index in [0.717, 1.165) is 5.76 Å². The van der Waals surface area contributed by atoms with Gasteiger partial charge < -0.3 is 4.74 Å². The van der Waals surface area contributed by atoms with E-state index in [1.54, 1.807) is 18.2 Å². The SMILES string of the molecule is CC=C(C)Oc1ccc(Cl)cc1C(C)=O. The molecule has 0 saturated carbocycles. The van der Waals surface area contributed by atoms with Gasteiger partial charge in [0.15, 0.2) is 5.78 Å². The number of hydrogen-bond donors (Lipinski definition) is 0. The standard InChI is InChI=1S/C12H13ClO2/c1-4-8(2)15-12-6-5-10(13)7-11(12)9(3)14/h4-7H,1-3H3. The summed E-state index contributed by atoms with van der Waals surface area (Å²) < 4.78 is 5.49. The Kier molecular flexibility index (Phi) is 3.92. The zero-order chi connectivity index (χ0) is 11.4. The molecule has 3 heteroatoms. The highest BCUT2D eigenvalue weighted by atomic mass is 35.5. The number of Topliss-reactive ketones (excluding diaryl/α,β-unsaturated/α-hetero) is 1. The second-order valence-electron chi connectivity index (χ2n) is 3.20. The molecule has 1 rings (SSSR count). The number of rotatable bonds is 3. The van der Waals surface area contributed by atoms with E-state index in [1.165, 1.54) is 6.92 Å². The van der Waals surface area contributed by atoms with Gasteiger partial charge in [-0.3, -0.25) is 4.79 Å². The van der Waals surface area contributed by atoms with Crippen LogP contribution in [-0.2, 0) is 0 Å². The first-order valence-electron chi connectivity index (χ1n) is 4.66. The number of benzene rings is 1. The highest BCUT2D eigenvalue weighted by Gasteiger charge is 2.09. The van der Waals surface area contributed by atoms with Crippen LogP contribution >= 0.6 is 11.6 Å². The van der Waals surface area contributed by atoms with Crippen molar-refractivity contribution >= 4 is 17.4 Å². The summed E-state index contributed by atoms with van der Waals surface area (Å²) >= 11 is 5.81. The van der Waals surface area contributed by atoms with Crippen molar-refractivity contribution in [2.24, 2.45) is 0 Å². The van der Waals surface area contributed by atoms with Crippen molar-refractivity contribution in [2.75, 3.05) is 0 Å². The molecule has 0 bridgehead atoms. The van der Waals surface area contributed by atoms with Crippen molar-refractivity contribution < 1.29 is 9.53 Å². The van der Waals surface area contributed by atoms with Crippen molar-refractivity contribution in [1.82, 2.24) is 0 Å². The van der Waals surface area contributed by atoms with E-state index >= 15 is 0 Å². The van der Waals surface area contributed by atoms with Crippen LogP contribution in [0.2, 0.25) is 5.02 Å². The van der Waals surface area contributed by atoms with Gasteiger partial charge in [0.2, 0.25) is 0 Å². The van der Waals surface area contributed by atoms with Crippen LogP contribution in [0.15, 0.2) is 30.0 Å². The first-order chi connectivity index (χ1) is 7.04. The van der Waals surface area contributed by atoms with Crippen LogP contribution in [0.25, 0.3) is 0 Å². The second-order valence-corrected chi connectivity index (χ2v) is 3.63. The fraction of sp³-hybridized carbons (Fsp3) is 0.250. The molecule has 0 heterocycles. The van der Waals surface area contributed by atoms with Crippen LogP contribution in [0.4, 0.5) is 0 Å². The van der Waals surface area contributed by atoms with Crippen LogP contribution in [-0.4, -0.2) is 5.78 Å². The molecule has 0 fully saturated rings. The fourth-order valence-electron chi connectivity index (χ4n) is 1.10. The third-order valence-electron chi connectivity index (χ3n) is 2.00. The van der Waals surface area contributed by atoms with Gasteiger partial charge in [-0.25, -0.2) is 0 Å². The van der Waals surface area contributed by atoms with Crippen molar-refractivity contribution in [3.8, 4) is 5.75 Å². The molecule has 0 N–H and O–H groups in total. The second kappa shape index (κ2) is 4.99. The van der Waals surface area contributed by atoms with Gasteiger partial charge in [-0.2, -0.15) is 0 Å². The van der Waals surface area contributed by atoms with Gasteiger partial charge in [-0.15, -0.1) is 0 Å². The molecule has 0 amide bonds. The molecule has 0 atom stereocenters. The predicted molar refractivity (Wildman–Crippen MR) is 61.5 cm³/mol. The van der Waals surface area contributed by atoms with Crippen molar-refractivity contribution in [1.29, 1.82) is 0 Å². The van der Waals surface area contributed by atoms with E-state index in [9.17, 15) is 4.79 Å². The Morgan fingerprint density at radius 1 is 1.40 bits per heavy atom. The Morgan fingerprint density at radius 3 is 2.60 bits per heavy atom. The maximum Gasteiger partial charge on any atom is 0.163 e. The van der Waals surface area contributed by atoms with Crippen LogP contribution in [0, 0.1) is 0 Å². The Bertz CT molecular complexity index is 408. The number of ether oxygens (including phenoxy) is 1. The number of carbonyl (C=O) groups excluding carboxylic acids is 1. The van der Waals surface area contributed by atoms with E-state index < -0.39 is 0 Å². The average Bonchev–Trinajstić information content (AvgIpc) is 2.20. The third-order valence-corrected chi connectivity index (χ3v) is 2.23. The molecule has 15 heavy (non-hydrogen) atoms. The lowest BCUT2D eigenvalue weighted by Gasteiger charge is -2.09. The van der Waals surface area contributed by atoms with E-state index in [2.05, 4.69) is 0 Å². The minimum Gasteiger partial charge on any atom is -0.462 e. The molecular formula is C12H13ClO2. The van der Waals surface area contributed by atoms with Gasteiger partial charge in [0.05, 0.1) is 11.3 Å².